The Hall–Kier alpha value is -0.860. The molecule has 0 aromatic heterocycles. The lowest BCUT2D eigenvalue weighted by Crippen LogP contribution is -2.38. The predicted octanol–water partition coefficient (Wildman–Crippen LogP) is 2.80. The van der Waals surface area contributed by atoms with Gasteiger partial charge < -0.3 is 10.6 Å². The van der Waals surface area contributed by atoms with Crippen LogP contribution in [0.4, 0.5) is 0 Å². The quantitative estimate of drug-likeness (QED) is 0.820. The van der Waals surface area contributed by atoms with Crippen LogP contribution in [-0.4, -0.2) is 25.0 Å². The van der Waals surface area contributed by atoms with Crippen LogP contribution in [0.1, 0.15) is 31.4 Å². The van der Waals surface area contributed by atoms with Crippen molar-refractivity contribution in [2.45, 2.75) is 33.7 Å². The molecule has 1 rings (SSSR count). The Morgan fingerprint density at radius 2 is 1.82 bits per heavy atom. The summed E-state index contributed by atoms with van der Waals surface area (Å²) in [5, 5.41) is 0. The molecule has 0 amide bonds. The monoisotopic (exact) mass is 234 g/mol. The molecule has 0 saturated heterocycles. The average Bonchev–Trinajstić information content (AvgIpc) is 2.32. The third kappa shape index (κ3) is 4.49. The van der Waals surface area contributed by atoms with E-state index in [9.17, 15) is 0 Å². The summed E-state index contributed by atoms with van der Waals surface area (Å²) in [5.41, 5.74) is 8.77. The second kappa shape index (κ2) is 6.18. The minimum Gasteiger partial charge on any atom is -0.330 e. The lowest BCUT2D eigenvalue weighted by atomic mass is 9.87. The summed E-state index contributed by atoms with van der Waals surface area (Å²) in [6.45, 7) is 9.40. The molecule has 0 fully saturated rings. The number of aryl methyl sites for hydroxylation is 1. The number of nitrogens with zero attached hydrogens (tertiary/aromatic N) is 1. The highest BCUT2D eigenvalue weighted by Crippen LogP contribution is 2.21. The zero-order valence-electron chi connectivity index (χ0n) is 11.7. The van der Waals surface area contributed by atoms with E-state index >= 15 is 0 Å². The van der Waals surface area contributed by atoms with Crippen LogP contribution in [0.5, 0.6) is 0 Å². The van der Waals surface area contributed by atoms with E-state index < -0.39 is 0 Å². The van der Waals surface area contributed by atoms with Crippen molar-refractivity contribution < 1.29 is 0 Å². The third-order valence-corrected chi connectivity index (χ3v) is 3.57. The zero-order chi connectivity index (χ0) is 12.9. The van der Waals surface area contributed by atoms with Gasteiger partial charge in [0, 0.05) is 13.1 Å². The molecule has 2 heteroatoms. The first kappa shape index (κ1) is 14.2. The summed E-state index contributed by atoms with van der Waals surface area (Å²) >= 11 is 0. The van der Waals surface area contributed by atoms with Crippen LogP contribution in [0.25, 0.3) is 0 Å². The Morgan fingerprint density at radius 3 is 2.29 bits per heavy atom. The molecule has 1 unspecified atom stereocenters. The lowest BCUT2D eigenvalue weighted by Gasteiger charge is -2.31. The first-order valence-corrected chi connectivity index (χ1v) is 6.43. The highest BCUT2D eigenvalue weighted by Gasteiger charge is 2.21. The van der Waals surface area contributed by atoms with Gasteiger partial charge >= 0.3 is 0 Å². The molecular weight excluding hydrogens is 208 g/mol. The van der Waals surface area contributed by atoms with Crippen molar-refractivity contribution in [1.29, 1.82) is 0 Å². The van der Waals surface area contributed by atoms with Crippen molar-refractivity contribution in [2.75, 3.05) is 20.1 Å². The van der Waals surface area contributed by atoms with E-state index in [0.717, 1.165) is 26.1 Å². The van der Waals surface area contributed by atoms with E-state index in [1.165, 1.54) is 11.1 Å². The van der Waals surface area contributed by atoms with Gasteiger partial charge in [-0.05, 0) is 37.9 Å². The van der Waals surface area contributed by atoms with Crippen molar-refractivity contribution in [2.24, 2.45) is 11.1 Å². The first-order valence-electron chi connectivity index (χ1n) is 6.43. The van der Waals surface area contributed by atoms with Gasteiger partial charge in [0.05, 0.1) is 0 Å². The Bertz CT molecular complexity index is 325. The Balaban J connectivity index is 2.54. The molecule has 96 valence electrons. The zero-order valence-corrected chi connectivity index (χ0v) is 11.7. The highest BCUT2D eigenvalue weighted by molar-refractivity contribution is 5.21. The summed E-state index contributed by atoms with van der Waals surface area (Å²) in [6.07, 6.45) is 1.13. The molecule has 0 radical (unpaired) electrons. The van der Waals surface area contributed by atoms with Gasteiger partial charge in [-0.15, -0.1) is 0 Å². The normalized spacial score (nSPS) is 14.9. The van der Waals surface area contributed by atoms with E-state index in [1.807, 2.05) is 0 Å². The minimum atomic E-state index is 0.236. The second-order valence-electron chi connectivity index (χ2n) is 5.53. The topological polar surface area (TPSA) is 29.3 Å². The van der Waals surface area contributed by atoms with Gasteiger partial charge in [-0.3, -0.25) is 0 Å². The summed E-state index contributed by atoms with van der Waals surface area (Å²) in [4.78, 5) is 2.36. The Kier molecular flexibility index (Phi) is 5.16. The molecule has 1 aromatic carbocycles. The van der Waals surface area contributed by atoms with Gasteiger partial charge in [-0.25, -0.2) is 0 Å². The van der Waals surface area contributed by atoms with Crippen molar-refractivity contribution in [3.8, 4) is 0 Å². The van der Waals surface area contributed by atoms with Gasteiger partial charge in [-0.2, -0.15) is 0 Å². The van der Waals surface area contributed by atoms with E-state index in [2.05, 4.69) is 57.0 Å². The third-order valence-electron chi connectivity index (χ3n) is 3.57. The molecule has 0 aliphatic rings. The molecule has 0 heterocycles. The molecule has 2 nitrogen and oxygen atoms in total. The Morgan fingerprint density at radius 1 is 1.24 bits per heavy atom. The van der Waals surface area contributed by atoms with Crippen LogP contribution in [-0.2, 0) is 6.54 Å². The minimum absolute atomic E-state index is 0.236. The average molecular weight is 234 g/mol. The van der Waals surface area contributed by atoms with Gasteiger partial charge in [0.2, 0.25) is 0 Å². The fraction of sp³-hybridized carbons (Fsp3) is 0.600. The van der Waals surface area contributed by atoms with Crippen molar-refractivity contribution >= 4 is 0 Å². The van der Waals surface area contributed by atoms with Gasteiger partial charge in [0.25, 0.3) is 0 Å². The number of rotatable bonds is 6. The molecule has 0 aliphatic carbocycles. The van der Waals surface area contributed by atoms with Crippen LogP contribution >= 0.6 is 0 Å². The number of hydrogen-bond donors (Lipinski definition) is 1. The van der Waals surface area contributed by atoms with Gasteiger partial charge in [0.1, 0.15) is 0 Å². The van der Waals surface area contributed by atoms with E-state index in [-0.39, 0.29) is 5.41 Å². The molecule has 0 spiro atoms. The maximum atomic E-state index is 5.85. The second-order valence-corrected chi connectivity index (χ2v) is 5.53. The van der Waals surface area contributed by atoms with Crippen LogP contribution in [0.3, 0.4) is 0 Å². The van der Waals surface area contributed by atoms with Crippen LogP contribution in [0.15, 0.2) is 24.3 Å². The SMILES string of the molecule is CCC(C)(CN)CN(C)Cc1ccc(C)cc1. The Labute approximate surface area is 106 Å². The van der Waals surface area contributed by atoms with Crippen molar-refractivity contribution in [3.05, 3.63) is 35.4 Å². The molecular formula is C15H26N2. The largest absolute Gasteiger partial charge is 0.330 e. The number of hydrogen-bond acceptors (Lipinski definition) is 2. The first-order chi connectivity index (χ1) is 7.99. The van der Waals surface area contributed by atoms with Crippen LogP contribution in [0.2, 0.25) is 0 Å². The highest BCUT2D eigenvalue weighted by atomic mass is 15.1. The summed E-state index contributed by atoms with van der Waals surface area (Å²) < 4.78 is 0. The molecule has 1 aromatic rings. The maximum Gasteiger partial charge on any atom is 0.0230 e. The van der Waals surface area contributed by atoms with E-state index in [4.69, 9.17) is 5.73 Å². The molecule has 0 saturated carbocycles. The molecule has 2 N–H and O–H groups in total. The molecule has 0 bridgehead atoms. The smallest absolute Gasteiger partial charge is 0.0230 e. The maximum absolute atomic E-state index is 5.85. The van der Waals surface area contributed by atoms with Crippen LogP contribution < -0.4 is 5.73 Å². The number of benzene rings is 1. The summed E-state index contributed by atoms with van der Waals surface area (Å²) in [6, 6.07) is 8.76. The van der Waals surface area contributed by atoms with Crippen molar-refractivity contribution in [1.82, 2.24) is 4.90 Å². The fourth-order valence-electron chi connectivity index (χ4n) is 2.03. The molecule has 0 aliphatic heterocycles. The number of nitrogens with two attached hydrogens (primary N) is 1. The van der Waals surface area contributed by atoms with Crippen LogP contribution in [0, 0.1) is 12.3 Å². The fourth-order valence-corrected chi connectivity index (χ4v) is 2.03. The van der Waals surface area contributed by atoms with Crippen molar-refractivity contribution in [3.63, 3.8) is 0 Å². The summed E-state index contributed by atoms with van der Waals surface area (Å²) in [7, 11) is 2.17. The lowest BCUT2D eigenvalue weighted by molar-refractivity contribution is 0.186. The van der Waals surface area contributed by atoms with Gasteiger partial charge in [0.15, 0.2) is 0 Å². The van der Waals surface area contributed by atoms with E-state index in [0.29, 0.717) is 0 Å². The molecule has 17 heavy (non-hydrogen) atoms. The molecule has 1 atom stereocenters. The van der Waals surface area contributed by atoms with Gasteiger partial charge in [-0.1, -0.05) is 43.7 Å². The predicted molar refractivity (Wildman–Crippen MR) is 75.0 cm³/mol. The standard InChI is InChI=1S/C15H26N2/c1-5-15(3,11-16)12-17(4)10-14-8-6-13(2)7-9-14/h6-9H,5,10-12,16H2,1-4H3. The van der Waals surface area contributed by atoms with E-state index in [1.54, 1.807) is 0 Å². The summed E-state index contributed by atoms with van der Waals surface area (Å²) in [5.74, 6) is 0.